The highest BCUT2D eigenvalue weighted by Crippen LogP contribution is 2.33. The number of hydrogen-bond donors (Lipinski definition) is 1. The van der Waals surface area contributed by atoms with E-state index in [9.17, 15) is 4.79 Å². The van der Waals surface area contributed by atoms with Crippen LogP contribution in [0.1, 0.15) is 15.9 Å². The van der Waals surface area contributed by atoms with Gasteiger partial charge in [-0.1, -0.05) is 29.8 Å². The Morgan fingerprint density at radius 1 is 0.966 bits per heavy atom. The zero-order valence-corrected chi connectivity index (χ0v) is 16.7. The number of nitrogens with one attached hydrogen (secondary N) is 1. The number of anilines is 1. The van der Waals surface area contributed by atoms with Gasteiger partial charge in [-0.25, -0.2) is 4.79 Å². The minimum absolute atomic E-state index is 0.270. The summed E-state index contributed by atoms with van der Waals surface area (Å²) in [6, 6.07) is 19.4. The van der Waals surface area contributed by atoms with Gasteiger partial charge < -0.3 is 14.2 Å². The summed E-state index contributed by atoms with van der Waals surface area (Å²) in [5.74, 6) is 1.48. The second-order valence-corrected chi connectivity index (χ2v) is 6.44. The van der Waals surface area contributed by atoms with Gasteiger partial charge in [-0.15, -0.1) is 0 Å². The first-order valence-electron chi connectivity index (χ1n) is 8.75. The molecule has 0 bridgehead atoms. The Labute approximate surface area is 173 Å². The summed E-state index contributed by atoms with van der Waals surface area (Å²) in [5, 5.41) is 0.538. The standard InChI is InChI=1S/C22H20ClNO5/c1-26-18-4-3-5-19(13-18)29-21-11-10-17(23)12-20(21)24-28-14-15-6-8-16(9-7-15)22(25)27-2/h3-13,24H,14H2,1-2H3. The van der Waals surface area contributed by atoms with Gasteiger partial charge in [-0.05, 0) is 48.0 Å². The van der Waals surface area contributed by atoms with Gasteiger partial charge in [-0.2, -0.15) is 0 Å². The van der Waals surface area contributed by atoms with E-state index in [1.54, 1.807) is 55.6 Å². The number of hydrogen-bond acceptors (Lipinski definition) is 6. The molecule has 3 rings (SSSR count). The molecule has 0 aromatic heterocycles. The lowest BCUT2D eigenvalue weighted by molar-refractivity contribution is 0.0600. The van der Waals surface area contributed by atoms with Crippen LogP contribution < -0.4 is 15.0 Å². The van der Waals surface area contributed by atoms with Crippen molar-refractivity contribution in [1.82, 2.24) is 0 Å². The minimum Gasteiger partial charge on any atom is -0.497 e. The van der Waals surface area contributed by atoms with Crippen molar-refractivity contribution in [2.24, 2.45) is 0 Å². The van der Waals surface area contributed by atoms with Crippen LogP contribution >= 0.6 is 11.6 Å². The summed E-state index contributed by atoms with van der Waals surface area (Å²) in [7, 11) is 2.94. The molecule has 3 aromatic rings. The maximum Gasteiger partial charge on any atom is 0.337 e. The summed E-state index contributed by atoms with van der Waals surface area (Å²) < 4.78 is 15.8. The van der Waals surface area contributed by atoms with Crippen molar-refractivity contribution < 1.29 is 23.8 Å². The number of halogens is 1. The largest absolute Gasteiger partial charge is 0.497 e. The second kappa shape index (κ2) is 9.82. The van der Waals surface area contributed by atoms with Gasteiger partial charge in [0.2, 0.25) is 0 Å². The van der Waals surface area contributed by atoms with Crippen LogP contribution in [0.5, 0.6) is 17.2 Å². The van der Waals surface area contributed by atoms with E-state index in [-0.39, 0.29) is 12.6 Å². The van der Waals surface area contributed by atoms with Crippen LogP contribution in [0, 0.1) is 0 Å². The summed E-state index contributed by atoms with van der Waals surface area (Å²) in [6.07, 6.45) is 0. The maximum atomic E-state index is 11.5. The van der Waals surface area contributed by atoms with Crippen molar-refractivity contribution in [3.05, 3.63) is 82.9 Å². The molecule has 150 valence electrons. The van der Waals surface area contributed by atoms with Crippen molar-refractivity contribution in [2.75, 3.05) is 19.7 Å². The molecule has 0 atom stereocenters. The fraction of sp³-hybridized carbons (Fsp3) is 0.136. The van der Waals surface area contributed by atoms with E-state index >= 15 is 0 Å². The maximum absolute atomic E-state index is 11.5. The van der Waals surface area contributed by atoms with Crippen LogP contribution in [0.15, 0.2) is 66.7 Å². The third kappa shape index (κ3) is 5.63. The molecule has 0 heterocycles. The van der Waals surface area contributed by atoms with Crippen LogP contribution in [0.4, 0.5) is 5.69 Å². The molecular formula is C22H20ClNO5. The molecule has 0 aliphatic rings. The fourth-order valence-electron chi connectivity index (χ4n) is 2.51. The molecule has 1 N–H and O–H groups in total. The van der Waals surface area contributed by atoms with Crippen LogP contribution in [-0.4, -0.2) is 20.2 Å². The van der Waals surface area contributed by atoms with E-state index in [1.807, 2.05) is 18.2 Å². The molecular weight excluding hydrogens is 394 g/mol. The highest BCUT2D eigenvalue weighted by atomic mass is 35.5. The summed E-state index contributed by atoms with van der Waals surface area (Å²) in [6.45, 7) is 0.270. The van der Waals surface area contributed by atoms with E-state index in [4.69, 9.17) is 25.9 Å². The molecule has 0 saturated heterocycles. The number of carbonyl (C=O) groups excluding carboxylic acids is 1. The lowest BCUT2D eigenvalue weighted by Crippen LogP contribution is -2.04. The molecule has 6 nitrogen and oxygen atoms in total. The summed E-state index contributed by atoms with van der Waals surface area (Å²) in [5.41, 5.74) is 4.80. The van der Waals surface area contributed by atoms with Gasteiger partial charge >= 0.3 is 5.97 Å². The monoisotopic (exact) mass is 413 g/mol. The predicted octanol–water partition coefficient (Wildman–Crippen LogP) is 5.47. The van der Waals surface area contributed by atoms with Gasteiger partial charge in [0.25, 0.3) is 0 Å². The molecule has 0 amide bonds. The highest BCUT2D eigenvalue weighted by Gasteiger charge is 2.08. The molecule has 0 fully saturated rings. The van der Waals surface area contributed by atoms with Gasteiger partial charge in [0.1, 0.15) is 17.2 Å². The molecule has 0 spiro atoms. The molecule has 0 radical (unpaired) electrons. The molecule has 0 aliphatic heterocycles. The van der Waals surface area contributed by atoms with Gasteiger partial charge in [0.05, 0.1) is 26.4 Å². The topological polar surface area (TPSA) is 66.0 Å². The molecule has 0 aliphatic carbocycles. The van der Waals surface area contributed by atoms with Crippen LogP contribution in [0.2, 0.25) is 5.02 Å². The molecule has 3 aromatic carbocycles. The van der Waals surface area contributed by atoms with Crippen molar-refractivity contribution in [1.29, 1.82) is 0 Å². The van der Waals surface area contributed by atoms with Gasteiger partial charge in [0.15, 0.2) is 5.75 Å². The van der Waals surface area contributed by atoms with Crippen molar-refractivity contribution in [3.63, 3.8) is 0 Å². The third-order valence-electron chi connectivity index (χ3n) is 4.01. The van der Waals surface area contributed by atoms with Crippen molar-refractivity contribution >= 4 is 23.3 Å². The molecule has 0 unspecified atom stereocenters. The fourth-order valence-corrected chi connectivity index (χ4v) is 2.69. The number of carbonyl (C=O) groups is 1. The SMILES string of the molecule is COC(=O)c1ccc(CONc2cc(Cl)ccc2Oc2cccc(OC)c2)cc1. The lowest BCUT2D eigenvalue weighted by atomic mass is 10.1. The first kappa shape index (κ1) is 20.5. The minimum atomic E-state index is -0.381. The molecule has 0 saturated carbocycles. The normalized spacial score (nSPS) is 10.3. The third-order valence-corrected chi connectivity index (χ3v) is 4.24. The number of esters is 1. The number of rotatable bonds is 8. The number of ether oxygens (including phenoxy) is 3. The van der Waals surface area contributed by atoms with Gasteiger partial charge in [-0.3, -0.25) is 10.3 Å². The Balaban J connectivity index is 1.65. The predicted molar refractivity (Wildman–Crippen MR) is 111 cm³/mol. The van der Waals surface area contributed by atoms with E-state index in [0.717, 1.165) is 5.56 Å². The van der Waals surface area contributed by atoms with Crippen LogP contribution in [-0.2, 0) is 16.2 Å². The zero-order valence-electron chi connectivity index (χ0n) is 16.0. The first-order valence-corrected chi connectivity index (χ1v) is 9.13. The summed E-state index contributed by atoms with van der Waals surface area (Å²) in [4.78, 5) is 17.1. The second-order valence-electron chi connectivity index (χ2n) is 6.00. The van der Waals surface area contributed by atoms with E-state index in [2.05, 4.69) is 10.2 Å². The number of benzene rings is 3. The highest BCUT2D eigenvalue weighted by molar-refractivity contribution is 6.30. The smallest absolute Gasteiger partial charge is 0.337 e. The Morgan fingerprint density at radius 2 is 1.72 bits per heavy atom. The van der Waals surface area contributed by atoms with Crippen molar-refractivity contribution in [2.45, 2.75) is 6.61 Å². The average molecular weight is 414 g/mol. The van der Waals surface area contributed by atoms with Gasteiger partial charge in [0, 0.05) is 11.1 Å². The average Bonchev–Trinajstić information content (AvgIpc) is 2.75. The van der Waals surface area contributed by atoms with E-state index < -0.39 is 0 Å². The quantitative estimate of drug-likeness (QED) is 0.390. The zero-order chi connectivity index (χ0) is 20.6. The van der Waals surface area contributed by atoms with Crippen LogP contribution in [0.25, 0.3) is 0 Å². The Morgan fingerprint density at radius 3 is 2.45 bits per heavy atom. The molecule has 29 heavy (non-hydrogen) atoms. The Bertz CT molecular complexity index is 975. The van der Waals surface area contributed by atoms with Crippen LogP contribution in [0.3, 0.4) is 0 Å². The first-order chi connectivity index (χ1) is 14.1. The Hall–Kier alpha value is -3.22. The summed E-state index contributed by atoms with van der Waals surface area (Å²) >= 11 is 6.11. The van der Waals surface area contributed by atoms with Crippen molar-refractivity contribution in [3.8, 4) is 17.2 Å². The Kier molecular flexibility index (Phi) is 6.94. The molecule has 7 heteroatoms. The van der Waals surface area contributed by atoms with E-state index in [1.165, 1.54) is 7.11 Å². The van der Waals surface area contributed by atoms with E-state index in [0.29, 0.717) is 33.5 Å². The lowest BCUT2D eigenvalue weighted by Gasteiger charge is -2.14. The number of methoxy groups -OCH3 is 2.